The number of allylic oxidation sites excluding steroid dienone is 2. The molecule has 0 aromatic carbocycles. The van der Waals surface area contributed by atoms with E-state index in [0.717, 1.165) is 6.42 Å². The molecule has 1 saturated heterocycles. The van der Waals surface area contributed by atoms with Crippen molar-refractivity contribution < 1.29 is 24.8 Å². The molecular weight excluding hydrogens is 392 g/mol. The van der Waals surface area contributed by atoms with Crippen LogP contribution in [0, 0.1) is 0 Å². The zero-order valence-electron chi connectivity index (χ0n) is 20.1. The predicted molar refractivity (Wildman–Crippen MR) is 127 cm³/mol. The zero-order chi connectivity index (χ0) is 22.6. The van der Waals surface area contributed by atoms with Crippen molar-refractivity contribution in [3.63, 3.8) is 0 Å². The molecule has 3 N–H and O–H groups in total. The van der Waals surface area contributed by atoms with Gasteiger partial charge in [-0.15, -0.1) is 0 Å². The summed E-state index contributed by atoms with van der Waals surface area (Å²) in [7, 11) is 0. The summed E-state index contributed by atoms with van der Waals surface area (Å²) in [6.07, 6.45) is 21.8. The molecule has 0 radical (unpaired) electrons. The van der Waals surface area contributed by atoms with Gasteiger partial charge in [-0.3, -0.25) is 0 Å². The molecule has 0 spiro atoms. The monoisotopic (exact) mass is 442 g/mol. The van der Waals surface area contributed by atoms with E-state index in [4.69, 9.17) is 9.47 Å². The molecule has 0 unspecified atom stereocenters. The normalized spacial score (nSPS) is 24.3. The molecule has 5 heteroatoms. The van der Waals surface area contributed by atoms with Crippen LogP contribution in [0.5, 0.6) is 0 Å². The van der Waals surface area contributed by atoms with Crippen molar-refractivity contribution in [2.45, 2.75) is 134 Å². The molecule has 1 fully saturated rings. The van der Waals surface area contributed by atoms with E-state index in [1.54, 1.807) is 0 Å². The first-order valence-corrected chi connectivity index (χ1v) is 13.0. The van der Waals surface area contributed by atoms with Gasteiger partial charge in [0.1, 0.15) is 24.4 Å². The van der Waals surface area contributed by atoms with E-state index in [1.807, 2.05) is 0 Å². The minimum absolute atomic E-state index is 0.0449. The second-order valence-corrected chi connectivity index (χ2v) is 9.14. The van der Waals surface area contributed by atoms with E-state index < -0.39 is 24.4 Å². The van der Waals surface area contributed by atoms with Crippen molar-refractivity contribution in [2.24, 2.45) is 0 Å². The van der Waals surface area contributed by atoms with Crippen LogP contribution in [0.4, 0.5) is 0 Å². The lowest BCUT2D eigenvalue weighted by molar-refractivity contribution is -0.199. The van der Waals surface area contributed by atoms with Gasteiger partial charge in [0.15, 0.2) is 0 Å². The van der Waals surface area contributed by atoms with Crippen molar-refractivity contribution in [2.75, 3.05) is 19.8 Å². The van der Waals surface area contributed by atoms with E-state index in [-0.39, 0.29) is 13.2 Å². The van der Waals surface area contributed by atoms with E-state index in [1.165, 1.54) is 96.3 Å². The van der Waals surface area contributed by atoms with Crippen LogP contribution < -0.4 is 0 Å². The summed E-state index contributed by atoms with van der Waals surface area (Å²) in [6, 6.07) is 0. The van der Waals surface area contributed by atoms with Gasteiger partial charge in [-0.1, -0.05) is 96.1 Å². The second-order valence-electron chi connectivity index (χ2n) is 9.14. The van der Waals surface area contributed by atoms with Gasteiger partial charge in [0.25, 0.3) is 0 Å². The summed E-state index contributed by atoms with van der Waals surface area (Å²) in [4.78, 5) is 0. The lowest BCUT2D eigenvalue weighted by Gasteiger charge is -2.35. The summed E-state index contributed by atoms with van der Waals surface area (Å²) in [5.41, 5.74) is 0. The Bertz CT molecular complexity index is 415. The first-order valence-electron chi connectivity index (χ1n) is 13.0. The third-order valence-corrected chi connectivity index (χ3v) is 6.17. The molecule has 0 aliphatic carbocycles. The predicted octanol–water partition coefficient (Wildman–Crippen LogP) is 5.30. The smallest absolute Gasteiger partial charge is 0.111 e. The SMILES string of the molecule is CCC/C=C/CCCCCCCCCCCCCCCOC[C@@H]1OC[C@@H](O)[C@H](O)[C@H]1O. The van der Waals surface area contributed by atoms with Crippen LogP contribution >= 0.6 is 0 Å². The molecule has 31 heavy (non-hydrogen) atoms. The quantitative estimate of drug-likeness (QED) is 0.176. The first kappa shape index (κ1) is 28.6. The lowest BCUT2D eigenvalue weighted by Crippen LogP contribution is -2.54. The molecule has 5 nitrogen and oxygen atoms in total. The molecule has 0 aromatic heterocycles. The topological polar surface area (TPSA) is 79.2 Å². The molecule has 1 rings (SSSR count). The van der Waals surface area contributed by atoms with Crippen molar-refractivity contribution in [3.05, 3.63) is 12.2 Å². The Morgan fingerprint density at radius 2 is 1.23 bits per heavy atom. The van der Waals surface area contributed by atoms with Gasteiger partial charge >= 0.3 is 0 Å². The van der Waals surface area contributed by atoms with Crippen LogP contribution in [0.2, 0.25) is 0 Å². The van der Waals surface area contributed by atoms with Gasteiger partial charge in [0.05, 0.1) is 13.2 Å². The fraction of sp³-hybridized carbons (Fsp3) is 0.923. The molecule has 0 aromatic rings. The Morgan fingerprint density at radius 1 is 0.710 bits per heavy atom. The third kappa shape index (κ3) is 15.1. The number of hydrogen-bond donors (Lipinski definition) is 3. The fourth-order valence-corrected chi connectivity index (χ4v) is 4.03. The van der Waals surface area contributed by atoms with Crippen LogP contribution in [-0.2, 0) is 9.47 Å². The molecule has 4 atom stereocenters. The highest BCUT2D eigenvalue weighted by molar-refractivity contribution is 4.86. The molecule has 0 saturated carbocycles. The van der Waals surface area contributed by atoms with E-state index in [9.17, 15) is 15.3 Å². The van der Waals surface area contributed by atoms with Crippen molar-refractivity contribution >= 4 is 0 Å². The maximum atomic E-state index is 9.85. The first-order chi connectivity index (χ1) is 15.2. The fourth-order valence-electron chi connectivity index (χ4n) is 4.03. The highest BCUT2D eigenvalue weighted by atomic mass is 16.6. The van der Waals surface area contributed by atoms with E-state index in [2.05, 4.69) is 19.1 Å². The summed E-state index contributed by atoms with van der Waals surface area (Å²) in [5.74, 6) is 0. The number of ether oxygens (including phenoxy) is 2. The molecule has 1 aliphatic rings. The summed E-state index contributed by atoms with van der Waals surface area (Å²) in [5, 5.41) is 28.9. The maximum absolute atomic E-state index is 9.85. The summed E-state index contributed by atoms with van der Waals surface area (Å²) in [6.45, 7) is 3.19. The average molecular weight is 443 g/mol. The molecule has 184 valence electrons. The number of hydrogen-bond acceptors (Lipinski definition) is 5. The molecular formula is C26H50O5. The van der Waals surface area contributed by atoms with E-state index in [0.29, 0.717) is 6.61 Å². The standard InChI is InChI=1S/C26H50O5/c1-2-3-4-5-6-7-8-9-10-11-12-13-14-15-16-17-18-19-20-30-22-24-26(29)25(28)23(27)21-31-24/h4-5,23-29H,2-3,6-22H2,1H3/b5-4+/t23-,24+,25+,26+/m1/s1. The minimum Gasteiger partial charge on any atom is -0.388 e. The zero-order valence-corrected chi connectivity index (χ0v) is 20.1. The number of unbranched alkanes of at least 4 members (excludes halogenated alkanes) is 14. The van der Waals surface area contributed by atoms with Gasteiger partial charge in [0.2, 0.25) is 0 Å². The van der Waals surface area contributed by atoms with Crippen LogP contribution in [-0.4, -0.2) is 59.6 Å². The Morgan fingerprint density at radius 3 is 1.81 bits per heavy atom. The molecule has 1 heterocycles. The second kappa shape index (κ2) is 20.2. The Kier molecular flexibility index (Phi) is 18.6. The maximum Gasteiger partial charge on any atom is 0.111 e. The van der Waals surface area contributed by atoms with Gasteiger partial charge in [-0.25, -0.2) is 0 Å². The largest absolute Gasteiger partial charge is 0.388 e. The number of rotatable bonds is 20. The number of aliphatic hydroxyl groups is 3. The average Bonchev–Trinajstić information content (AvgIpc) is 2.77. The molecule has 1 aliphatic heterocycles. The Hall–Kier alpha value is -0.460. The number of aliphatic hydroxyl groups excluding tert-OH is 3. The minimum atomic E-state index is -1.15. The van der Waals surface area contributed by atoms with Gasteiger partial charge in [-0.2, -0.15) is 0 Å². The molecule has 0 amide bonds. The highest BCUT2D eigenvalue weighted by Crippen LogP contribution is 2.16. The third-order valence-electron chi connectivity index (χ3n) is 6.17. The van der Waals surface area contributed by atoms with Crippen LogP contribution in [0.1, 0.15) is 110 Å². The Balaban J connectivity index is 1.75. The summed E-state index contributed by atoms with van der Waals surface area (Å²) < 4.78 is 10.9. The molecule has 0 bridgehead atoms. The highest BCUT2D eigenvalue weighted by Gasteiger charge is 2.37. The van der Waals surface area contributed by atoms with Crippen LogP contribution in [0.15, 0.2) is 12.2 Å². The van der Waals surface area contributed by atoms with E-state index >= 15 is 0 Å². The summed E-state index contributed by atoms with van der Waals surface area (Å²) >= 11 is 0. The van der Waals surface area contributed by atoms with Crippen molar-refractivity contribution in [1.29, 1.82) is 0 Å². The van der Waals surface area contributed by atoms with Crippen LogP contribution in [0.3, 0.4) is 0 Å². The van der Waals surface area contributed by atoms with Gasteiger partial charge < -0.3 is 24.8 Å². The van der Waals surface area contributed by atoms with Gasteiger partial charge in [-0.05, 0) is 25.7 Å². The van der Waals surface area contributed by atoms with Crippen LogP contribution in [0.25, 0.3) is 0 Å². The van der Waals surface area contributed by atoms with Crippen molar-refractivity contribution in [1.82, 2.24) is 0 Å². The lowest BCUT2D eigenvalue weighted by atomic mass is 10.0. The van der Waals surface area contributed by atoms with Gasteiger partial charge in [0, 0.05) is 6.61 Å². The Labute approximate surface area is 191 Å². The van der Waals surface area contributed by atoms with Crippen molar-refractivity contribution in [3.8, 4) is 0 Å².